The largest absolute Gasteiger partial charge is 0.360 e. The molecule has 3 aliphatic heterocycles. The fraction of sp³-hybridized carbons (Fsp3) is 0.400. The third-order valence-corrected chi connectivity index (χ3v) is 14.0. The van der Waals surface area contributed by atoms with Crippen molar-refractivity contribution in [2.24, 2.45) is 0 Å². The first-order valence-electron chi connectivity index (χ1n) is 23.8. The SMILES string of the molecule is CN(C)C/C=C/C(=O)N1CCN(CCN2CCC[C@@H](Nc3ncc(Cl)c(-c4c[nH]c5cc(-c6ccc7c(-c8nc(NC9CCCN(Cc%10ncc[nH]%10)C9)ncc8Cl)c[nH]c7c6)ccc45)n3)C2)CC1. The molecule has 16 nitrogen and oxygen atoms in total. The Balaban J connectivity index is 0.765. The molecule has 18 heteroatoms. The number of hydrogen-bond acceptors (Lipinski definition) is 12. The number of carbonyl (C=O) groups excluding carboxylic acids is 1. The number of benzene rings is 2. The number of H-pyrrole nitrogens is 3. The standard InChI is InChI=1S/C50H59Cl2N15O/c1-63(2)15-5-8-46(68)67-22-20-64(21-23-67)18-19-65-16-3-6-35(30-65)59-49-57-28-41(51)47(61-49)39-26-55-43-24-33(9-11-37(39)43)34-10-12-38-40(27-56-44(38)25-34)48-42(52)29-58-50(62-48)60-36-7-4-17-66(31-36)32-45-53-13-14-54-45/h5,8-14,24-29,35-36,55-56H,3-4,6-7,15-23,30-32H2,1-2H3,(H,53,54)(H,57,59,61)(H,58,60,62)/b8-5+/t35-,36?/m1/s1. The molecule has 3 saturated heterocycles. The minimum Gasteiger partial charge on any atom is -0.360 e. The maximum absolute atomic E-state index is 12.6. The first-order chi connectivity index (χ1) is 33.2. The highest BCUT2D eigenvalue weighted by atomic mass is 35.5. The highest BCUT2D eigenvalue weighted by Crippen LogP contribution is 2.37. The van der Waals surface area contributed by atoms with Gasteiger partial charge in [-0.1, -0.05) is 53.5 Å². The third kappa shape index (κ3) is 10.7. The second kappa shape index (κ2) is 20.8. The van der Waals surface area contributed by atoms with E-state index in [1.54, 1.807) is 24.7 Å². The van der Waals surface area contributed by atoms with Crippen LogP contribution in [0.1, 0.15) is 31.5 Å². The van der Waals surface area contributed by atoms with Gasteiger partial charge in [-0.15, -0.1) is 0 Å². The van der Waals surface area contributed by atoms with E-state index >= 15 is 0 Å². The smallest absolute Gasteiger partial charge is 0.246 e. The molecular weight excluding hydrogens is 898 g/mol. The zero-order valence-electron chi connectivity index (χ0n) is 38.7. The van der Waals surface area contributed by atoms with E-state index < -0.39 is 0 Å². The number of nitrogens with zero attached hydrogens (tertiary/aromatic N) is 10. The average Bonchev–Trinajstić information content (AvgIpc) is 4.13. The summed E-state index contributed by atoms with van der Waals surface area (Å²) in [4.78, 5) is 57.7. The van der Waals surface area contributed by atoms with Gasteiger partial charge in [-0.25, -0.2) is 24.9 Å². The summed E-state index contributed by atoms with van der Waals surface area (Å²) in [6.07, 6.45) is 18.9. The van der Waals surface area contributed by atoms with E-state index in [9.17, 15) is 4.79 Å². The molecule has 68 heavy (non-hydrogen) atoms. The van der Waals surface area contributed by atoms with Crippen molar-refractivity contribution < 1.29 is 4.79 Å². The second-order valence-electron chi connectivity index (χ2n) is 18.6. The maximum atomic E-state index is 12.6. The maximum Gasteiger partial charge on any atom is 0.246 e. The molecule has 8 heterocycles. The average molecular weight is 957 g/mol. The number of nitrogens with one attached hydrogen (secondary N) is 5. The molecule has 5 aromatic heterocycles. The van der Waals surface area contributed by atoms with Crippen molar-refractivity contribution >= 4 is 62.8 Å². The van der Waals surface area contributed by atoms with Gasteiger partial charge in [-0.2, -0.15) is 0 Å². The first kappa shape index (κ1) is 45.9. The summed E-state index contributed by atoms with van der Waals surface area (Å²) in [6.45, 7) is 10.8. The molecule has 1 unspecified atom stereocenters. The number of anilines is 2. The van der Waals surface area contributed by atoms with Crippen LogP contribution >= 0.6 is 23.2 Å². The van der Waals surface area contributed by atoms with Crippen LogP contribution in [0.5, 0.6) is 0 Å². The quantitative estimate of drug-likeness (QED) is 0.0644. The van der Waals surface area contributed by atoms with E-state index in [1.165, 1.54) is 0 Å². The summed E-state index contributed by atoms with van der Waals surface area (Å²) in [5, 5.41) is 10.3. The number of fused-ring (bicyclic) bond motifs is 2. The molecule has 0 saturated carbocycles. The van der Waals surface area contributed by atoms with Crippen molar-refractivity contribution in [1.82, 2.24) is 64.4 Å². The van der Waals surface area contributed by atoms with E-state index in [-0.39, 0.29) is 18.0 Å². The lowest BCUT2D eigenvalue weighted by atomic mass is 10.0. The predicted octanol–water partition coefficient (Wildman–Crippen LogP) is 7.47. The van der Waals surface area contributed by atoms with Gasteiger partial charge in [0, 0.05) is 135 Å². The summed E-state index contributed by atoms with van der Waals surface area (Å²) in [5.41, 5.74) is 7.33. The fourth-order valence-corrected chi connectivity index (χ4v) is 10.2. The summed E-state index contributed by atoms with van der Waals surface area (Å²) >= 11 is 13.6. The van der Waals surface area contributed by atoms with Crippen LogP contribution in [-0.2, 0) is 11.3 Å². The van der Waals surface area contributed by atoms with Gasteiger partial charge in [-0.3, -0.25) is 14.6 Å². The van der Waals surface area contributed by atoms with Crippen LogP contribution in [0.15, 0.2) is 85.7 Å². The normalized spacial score (nSPS) is 18.9. The molecule has 0 aliphatic carbocycles. The molecular formula is C50H59Cl2N15O. The number of carbonyl (C=O) groups is 1. The molecule has 0 bridgehead atoms. The number of aromatic amines is 3. The van der Waals surface area contributed by atoms with Crippen molar-refractivity contribution in [3.63, 3.8) is 0 Å². The van der Waals surface area contributed by atoms with Crippen molar-refractivity contribution in [3.8, 4) is 33.6 Å². The van der Waals surface area contributed by atoms with E-state index in [2.05, 4.69) is 91.6 Å². The van der Waals surface area contributed by atoms with Crippen LogP contribution in [-0.4, -0.2) is 168 Å². The van der Waals surface area contributed by atoms with Gasteiger partial charge in [0.2, 0.25) is 17.8 Å². The molecule has 5 N–H and O–H groups in total. The fourth-order valence-electron chi connectivity index (χ4n) is 9.85. The monoisotopic (exact) mass is 955 g/mol. The van der Waals surface area contributed by atoms with Crippen molar-refractivity contribution in [2.75, 3.05) is 96.7 Å². The molecule has 0 spiro atoms. The highest BCUT2D eigenvalue weighted by molar-refractivity contribution is 6.33. The van der Waals surface area contributed by atoms with Gasteiger partial charge in [0.1, 0.15) is 5.82 Å². The summed E-state index contributed by atoms with van der Waals surface area (Å²) in [5.74, 6) is 2.23. The molecule has 2 atom stereocenters. The summed E-state index contributed by atoms with van der Waals surface area (Å²) in [6, 6.07) is 13.3. The number of rotatable bonds is 15. The van der Waals surface area contributed by atoms with E-state index in [0.29, 0.717) is 33.3 Å². The Hall–Kier alpha value is -5.88. The van der Waals surface area contributed by atoms with Gasteiger partial charge >= 0.3 is 0 Å². The Morgan fingerprint density at radius 1 is 0.735 bits per heavy atom. The highest BCUT2D eigenvalue weighted by Gasteiger charge is 2.25. The zero-order chi connectivity index (χ0) is 46.6. The number of likely N-dealkylation sites (tertiary alicyclic amines) is 2. The minimum absolute atomic E-state index is 0.110. The van der Waals surface area contributed by atoms with Crippen LogP contribution in [0.3, 0.4) is 0 Å². The Morgan fingerprint density at radius 2 is 1.31 bits per heavy atom. The number of hydrogen-bond donors (Lipinski definition) is 5. The van der Waals surface area contributed by atoms with Crippen LogP contribution < -0.4 is 10.6 Å². The Kier molecular flexibility index (Phi) is 14.0. The van der Waals surface area contributed by atoms with Crippen molar-refractivity contribution in [1.29, 1.82) is 0 Å². The first-order valence-corrected chi connectivity index (χ1v) is 24.5. The lowest BCUT2D eigenvalue weighted by Crippen LogP contribution is -2.51. The Bertz CT molecular complexity index is 2870. The lowest BCUT2D eigenvalue weighted by molar-refractivity contribution is -0.127. The van der Waals surface area contributed by atoms with Crippen molar-refractivity contribution in [2.45, 2.75) is 44.3 Å². The van der Waals surface area contributed by atoms with Gasteiger partial charge in [0.15, 0.2) is 0 Å². The molecule has 10 rings (SSSR count). The molecule has 2 aromatic carbocycles. The van der Waals surface area contributed by atoms with Crippen LogP contribution in [0.25, 0.3) is 55.4 Å². The molecule has 354 valence electrons. The minimum atomic E-state index is 0.110. The predicted molar refractivity (Wildman–Crippen MR) is 272 cm³/mol. The number of aromatic nitrogens is 8. The Labute approximate surface area is 406 Å². The number of amides is 1. The molecule has 3 fully saturated rings. The zero-order valence-corrected chi connectivity index (χ0v) is 40.2. The van der Waals surface area contributed by atoms with E-state index in [1.807, 2.05) is 48.6 Å². The number of halogens is 2. The van der Waals surface area contributed by atoms with Gasteiger partial charge in [0.25, 0.3) is 0 Å². The third-order valence-electron chi connectivity index (χ3n) is 13.4. The molecule has 0 radical (unpaired) electrons. The lowest BCUT2D eigenvalue weighted by Gasteiger charge is -2.37. The van der Waals surface area contributed by atoms with Crippen LogP contribution in [0, 0.1) is 0 Å². The molecule has 3 aliphatic rings. The Morgan fingerprint density at radius 3 is 1.88 bits per heavy atom. The topological polar surface area (TPSA) is 169 Å². The number of likely N-dealkylation sites (N-methyl/N-ethyl adjacent to an activating group) is 1. The van der Waals surface area contributed by atoms with E-state index in [0.717, 1.165) is 154 Å². The molecule has 7 aromatic rings. The number of piperazine rings is 1. The summed E-state index contributed by atoms with van der Waals surface area (Å²) < 4.78 is 0. The molecule has 1 amide bonds. The van der Waals surface area contributed by atoms with Gasteiger partial charge in [0.05, 0.1) is 40.4 Å². The number of piperidine rings is 2. The summed E-state index contributed by atoms with van der Waals surface area (Å²) in [7, 11) is 4.00. The van der Waals surface area contributed by atoms with Crippen LogP contribution in [0.4, 0.5) is 11.9 Å². The van der Waals surface area contributed by atoms with Crippen LogP contribution in [0.2, 0.25) is 10.0 Å². The van der Waals surface area contributed by atoms with Crippen molar-refractivity contribution in [3.05, 3.63) is 102 Å². The van der Waals surface area contributed by atoms with Gasteiger partial charge in [-0.05, 0) is 76.1 Å². The second-order valence-corrected chi connectivity index (χ2v) is 19.4. The van der Waals surface area contributed by atoms with Gasteiger partial charge < -0.3 is 40.3 Å². The van der Waals surface area contributed by atoms with E-state index in [4.69, 9.17) is 33.2 Å². The number of imidazole rings is 1.